The van der Waals surface area contributed by atoms with Crippen LogP contribution in [-0.2, 0) is 49.6 Å². The molecule has 5 heterocycles. The number of aliphatic hydroxyl groups excluding tert-OH is 4. The fraction of sp³-hybridized carbons (Fsp3) is 0.473. The van der Waals surface area contributed by atoms with Gasteiger partial charge in [-0.1, -0.05) is 78.3 Å². The van der Waals surface area contributed by atoms with Crippen molar-refractivity contribution >= 4 is 103 Å². The first-order chi connectivity index (χ1) is 49.3. The Bertz CT molecular complexity index is 4430. The van der Waals surface area contributed by atoms with Gasteiger partial charge in [0, 0.05) is 136 Å². The van der Waals surface area contributed by atoms with Gasteiger partial charge in [-0.05, 0) is 69.2 Å². The summed E-state index contributed by atoms with van der Waals surface area (Å²) in [6, 6.07) is 6.38. The summed E-state index contributed by atoms with van der Waals surface area (Å²) in [6.07, 6.45) is 6.67. The summed E-state index contributed by atoms with van der Waals surface area (Å²) in [5.74, 6) is -9.61. The number of hydrogen-bond donors (Lipinski definition) is 11. The van der Waals surface area contributed by atoms with E-state index in [4.69, 9.17) is 34.1 Å². The number of ether oxygens (including phenoxy) is 4. The van der Waals surface area contributed by atoms with Crippen LogP contribution in [0.2, 0.25) is 0 Å². The summed E-state index contributed by atoms with van der Waals surface area (Å²) in [5.41, 5.74) is 3.56. The molecule has 30 nitrogen and oxygen atoms in total. The summed E-state index contributed by atoms with van der Waals surface area (Å²) in [5, 5.41) is 71.4. The van der Waals surface area contributed by atoms with E-state index in [1.807, 2.05) is 4.90 Å². The Morgan fingerprint density at radius 3 is 2.15 bits per heavy atom. The third-order valence-electron chi connectivity index (χ3n) is 19.7. The number of amides is 9. The molecule has 558 valence electrons. The number of aliphatic hydroxyl groups is 4. The fourth-order valence-electron chi connectivity index (χ4n) is 13.2. The normalized spacial score (nSPS) is 24.2. The predicted molar refractivity (Wildman–Crippen MR) is 384 cm³/mol. The minimum absolute atomic E-state index is 0.00302. The maximum absolute atomic E-state index is 15.1. The molecular formula is C74H92N10O20. The van der Waals surface area contributed by atoms with Crippen LogP contribution in [-0.4, -0.2) is 177 Å². The summed E-state index contributed by atoms with van der Waals surface area (Å²) in [7, 11) is 1.41. The van der Waals surface area contributed by atoms with Crippen molar-refractivity contribution in [1.29, 1.82) is 0 Å². The van der Waals surface area contributed by atoms with Crippen molar-refractivity contribution < 1.29 is 87.3 Å². The van der Waals surface area contributed by atoms with Gasteiger partial charge in [0.05, 0.1) is 41.3 Å². The number of carbonyl (C=O) groups excluding carboxylic acids is 8. The number of fused-ring (bicyclic) bond motifs is 2. The van der Waals surface area contributed by atoms with Crippen molar-refractivity contribution in [3.8, 4) is 11.5 Å². The highest BCUT2D eigenvalue weighted by Crippen LogP contribution is 2.43. The second-order valence-corrected chi connectivity index (χ2v) is 27.4. The molecule has 4 aliphatic heterocycles. The average Bonchev–Trinajstić information content (AvgIpc) is 1.38. The van der Waals surface area contributed by atoms with E-state index in [9.17, 15) is 68.7 Å². The highest BCUT2D eigenvalue weighted by atomic mass is 16.7. The lowest BCUT2D eigenvalue weighted by Gasteiger charge is -2.36. The van der Waals surface area contributed by atoms with Gasteiger partial charge in [-0.15, -0.1) is 0 Å². The minimum Gasteiger partial charge on any atom is -0.507 e. The second-order valence-electron chi connectivity index (χ2n) is 27.4. The van der Waals surface area contributed by atoms with Crippen LogP contribution in [0.5, 0.6) is 11.5 Å². The number of phenols is 1. The summed E-state index contributed by atoms with van der Waals surface area (Å²) in [6.45, 7) is 15.4. The third-order valence-corrected chi connectivity index (χ3v) is 19.7. The van der Waals surface area contributed by atoms with Crippen molar-refractivity contribution in [2.24, 2.45) is 35.3 Å². The zero-order chi connectivity index (χ0) is 75.8. The minimum atomic E-state index is -2.05. The number of rotatable bonds is 20. The molecule has 4 aliphatic rings. The lowest BCUT2D eigenvalue weighted by Crippen LogP contribution is -2.54. The van der Waals surface area contributed by atoms with Gasteiger partial charge in [0.1, 0.15) is 41.4 Å². The van der Waals surface area contributed by atoms with E-state index in [0.29, 0.717) is 36.2 Å². The Morgan fingerprint density at radius 2 is 1.49 bits per heavy atom. The van der Waals surface area contributed by atoms with Crippen LogP contribution < -0.4 is 58.0 Å². The SMILES string of the molecule is CO[C@H]1/C=C/O[C@@]2(C)Oc3c(C)c(O)c4c(=O)c(c5oc6cc(N7CCN(C(=O)OCc8ccc(NC(=O)[C@H](CCCNC(N)=O)NC(=O)[C@@H](NC(=O)CCCCCN9C(=O)C=CC9=O)C(C)C)cc8)CC7)cc(=O)c6nc5c4c3=C2O)NC(=O)/C(C)=C\C=C\[C@H](C)[C@H](O)[C@@H](C)[C@@H](O)[C@@H](C)[C@H](O)[C@@H]1C. The summed E-state index contributed by atoms with van der Waals surface area (Å²) < 4.78 is 30.4. The number of primary amides is 1. The number of piperazine rings is 1. The number of phenolic OH excluding ortho intramolecular Hbond substituents is 1. The number of nitrogens with two attached hydrogens (primary N) is 1. The van der Waals surface area contributed by atoms with Crippen LogP contribution >= 0.6 is 0 Å². The third kappa shape index (κ3) is 17.3. The number of imide groups is 1. The van der Waals surface area contributed by atoms with Gasteiger partial charge in [-0.3, -0.25) is 43.3 Å². The largest absolute Gasteiger partial charge is 0.507 e. The van der Waals surface area contributed by atoms with Crippen LogP contribution in [0.3, 0.4) is 0 Å². The number of urea groups is 1. The van der Waals surface area contributed by atoms with E-state index >= 15 is 4.79 Å². The van der Waals surface area contributed by atoms with Gasteiger partial charge < -0.3 is 91.0 Å². The molecule has 104 heavy (non-hydrogen) atoms. The lowest BCUT2D eigenvalue weighted by atomic mass is 9.78. The number of anilines is 3. The Hall–Kier alpha value is -10.4. The maximum atomic E-state index is 15.1. The Morgan fingerprint density at radius 1 is 0.817 bits per heavy atom. The molecule has 0 spiro atoms. The molecule has 1 aromatic heterocycles. The average molecular weight is 1440 g/mol. The van der Waals surface area contributed by atoms with Gasteiger partial charge >= 0.3 is 17.9 Å². The van der Waals surface area contributed by atoms with Crippen LogP contribution in [0.25, 0.3) is 38.7 Å². The highest BCUT2D eigenvalue weighted by Gasteiger charge is 2.44. The molecule has 0 aliphatic carbocycles. The number of nitrogens with one attached hydrogen (secondary N) is 5. The van der Waals surface area contributed by atoms with Gasteiger partial charge in [0.2, 0.25) is 28.6 Å². The molecular weight excluding hydrogens is 1350 g/mol. The molecule has 4 bridgehead atoms. The topological polar surface area (TPSA) is 431 Å². The summed E-state index contributed by atoms with van der Waals surface area (Å²) >= 11 is 0. The lowest BCUT2D eigenvalue weighted by molar-refractivity contribution is -0.137. The number of methoxy groups -OCH3 is 1. The molecule has 5 aromatic rings. The van der Waals surface area contributed by atoms with Crippen molar-refractivity contribution in [2.75, 3.05) is 61.9 Å². The monoisotopic (exact) mass is 1440 g/mol. The van der Waals surface area contributed by atoms with Crippen LogP contribution in [0.4, 0.5) is 26.7 Å². The van der Waals surface area contributed by atoms with Crippen molar-refractivity contribution in [3.63, 3.8) is 0 Å². The maximum Gasteiger partial charge on any atom is 0.410 e. The van der Waals surface area contributed by atoms with E-state index in [1.165, 1.54) is 81.6 Å². The summed E-state index contributed by atoms with van der Waals surface area (Å²) in [4.78, 5) is 142. The number of allylic oxidation sites excluding steroid dienone is 2. The van der Waals surface area contributed by atoms with Gasteiger partial charge in [-0.2, -0.15) is 0 Å². The number of unbranched alkanes of at least 4 members (excludes halogenated alkanes) is 2. The van der Waals surface area contributed by atoms with Gasteiger partial charge in [0.15, 0.2) is 22.4 Å². The predicted octanol–water partition coefficient (Wildman–Crippen LogP) is 4.95. The van der Waals surface area contributed by atoms with Gasteiger partial charge in [-0.25, -0.2) is 14.6 Å². The standard InChI is InChI=1S/C74H92N10O20/c1-37(2)57(79-51(86)19-12-11-13-28-84-52(87)24-25-53(84)88)71(97)78-47(18-15-27-76-72(75)98)70(96)77-45-22-20-44(21-23-45)36-101-73(99)83-31-29-82(30-32-83)46-34-48(85)58-50(35-46)103-67-59(80-58)54-55-64(92)43(8)66-56(54)68(94)74(9,104-66)102-33-26-49(100-10)40(5)62(90)42(7)63(91)41(6)61(89)38(3)16-14-17-39(4)69(95)81-60(67)65(55)93/h14,16-17,20-26,33-35,37-38,40-42,47,49,57,61-63,89-92,94H,11-13,15,18-19,27-32,36H2,1-10H3,(H,77,96)(H,78,97)(H,79,86)(H,81,95)(H3,75,76,98)/b16-14+,33-26+,39-17-/t38-,40+,41+,42-,47-,49-,57-,61-,62+,63+,74-/m0/s1. The second kappa shape index (κ2) is 33.3. The number of benzene rings is 4. The molecule has 0 radical (unpaired) electrons. The molecule has 1 saturated heterocycles. The first kappa shape index (κ1) is 77.7. The number of hydrogen-bond acceptors (Lipinski definition) is 22. The molecule has 0 saturated carbocycles. The van der Waals surface area contributed by atoms with Crippen LogP contribution in [0.15, 0.2) is 98.7 Å². The molecule has 1 fully saturated rings. The van der Waals surface area contributed by atoms with E-state index < -0.39 is 135 Å². The molecule has 30 heteroatoms. The van der Waals surface area contributed by atoms with E-state index in [-0.39, 0.29) is 133 Å². The Labute approximate surface area is 598 Å². The quantitative estimate of drug-likeness (QED) is 0.0212. The first-order valence-corrected chi connectivity index (χ1v) is 34.7. The zero-order valence-electron chi connectivity index (χ0n) is 59.8. The van der Waals surface area contributed by atoms with Crippen molar-refractivity contribution in [3.05, 3.63) is 121 Å². The Kier molecular flexibility index (Phi) is 24.9. The van der Waals surface area contributed by atoms with Crippen LogP contribution in [0.1, 0.15) is 105 Å². The van der Waals surface area contributed by atoms with E-state index in [0.717, 1.165) is 4.90 Å². The molecule has 9 amide bonds. The smallest absolute Gasteiger partial charge is 0.410 e. The number of aromatic hydroxyl groups is 1. The molecule has 9 rings (SSSR count). The number of nitrogens with zero attached hydrogens (tertiary/aromatic N) is 4. The fourth-order valence-corrected chi connectivity index (χ4v) is 13.2. The molecule has 4 aromatic carbocycles. The van der Waals surface area contributed by atoms with E-state index in [2.05, 4.69) is 26.6 Å². The van der Waals surface area contributed by atoms with E-state index in [1.54, 1.807) is 71.9 Å². The van der Waals surface area contributed by atoms with Crippen molar-refractivity contribution in [1.82, 2.24) is 30.7 Å². The Balaban J connectivity index is 0.900. The molecule has 11 atom stereocenters. The van der Waals surface area contributed by atoms with Gasteiger partial charge in [0.25, 0.3) is 17.7 Å². The molecule has 12 N–H and O–H groups in total. The van der Waals surface area contributed by atoms with Crippen LogP contribution in [0, 0.1) is 36.5 Å². The highest BCUT2D eigenvalue weighted by molar-refractivity contribution is 6.17. The number of aromatic nitrogens is 1. The number of carbonyl (C=O) groups is 8. The van der Waals surface area contributed by atoms with Crippen molar-refractivity contribution in [2.45, 2.75) is 150 Å². The molecule has 0 unspecified atom stereocenters. The zero-order valence-corrected chi connectivity index (χ0v) is 59.8. The first-order valence-electron chi connectivity index (χ1n) is 34.7.